The molecular weight excluding hydrogens is 1690 g/mol. The molecule has 4 rings (SSSR count). The van der Waals surface area contributed by atoms with Crippen molar-refractivity contribution in [3.05, 3.63) is 0 Å². The van der Waals surface area contributed by atoms with Crippen molar-refractivity contribution in [2.24, 2.45) is 33.1 Å². The second-order valence-corrected chi connectivity index (χ2v) is 37.7. The Morgan fingerprint density at radius 1 is 0.318 bits per heavy atom. The number of ether oxygens (including phenoxy) is 4. The number of carbonyl (C=O) groups excluding carboxylic acids is 8. The van der Waals surface area contributed by atoms with Gasteiger partial charge in [0.25, 0.3) is 25.9 Å². The first-order chi connectivity index (χ1) is 60.6. The number of primary amides is 2. The van der Waals surface area contributed by atoms with E-state index in [1.807, 2.05) is 39.2 Å². The smallest absolute Gasteiger partial charge is 0.320 e. The second-order valence-electron chi connectivity index (χ2n) is 37.7. The molecule has 0 aliphatic carbocycles. The summed E-state index contributed by atoms with van der Waals surface area (Å²) in [6.07, 6.45) is 4.05. The Balaban J connectivity index is 0.000000861. The number of nitrogens with one attached hydrogen (secondary N) is 2. The number of carboxylic acid groups (broad SMARTS) is 7. The third kappa shape index (κ3) is 62.4. The number of rotatable bonds is 41. The highest BCUT2D eigenvalue weighted by molar-refractivity contribution is 5.76. The van der Waals surface area contributed by atoms with Gasteiger partial charge in [0, 0.05) is 215 Å². The maximum absolute atomic E-state index is 12.2. The van der Waals surface area contributed by atoms with Gasteiger partial charge in [0.05, 0.1) is 65.7 Å². The maximum atomic E-state index is 12.2. The molecule has 0 aromatic rings. The molecule has 0 saturated carbocycles. The van der Waals surface area contributed by atoms with E-state index < -0.39 is 59.6 Å². The van der Waals surface area contributed by atoms with E-state index in [0.717, 1.165) is 25.9 Å². The summed E-state index contributed by atoms with van der Waals surface area (Å²) in [6, 6.07) is -0.807. The Kier molecular flexibility index (Phi) is 59.7. The Hall–Kier alpha value is -8.59. The number of aliphatic carboxylic acids is 7. The molecule has 3 unspecified atom stereocenters. The Morgan fingerprint density at radius 3 is 0.907 bits per heavy atom. The van der Waals surface area contributed by atoms with Crippen molar-refractivity contribution in [1.82, 2.24) is 89.0 Å². The van der Waals surface area contributed by atoms with Crippen molar-refractivity contribution >= 4 is 92.3 Å². The summed E-state index contributed by atoms with van der Waals surface area (Å²) >= 11 is 0. The molecule has 744 valence electrons. The van der Waals surface area contributed by atoms with Crippen LogP contribution in [0.2, 0.25) is 0 Å². The molecular formula is C83H156N20O26. The molecule has 4 heterocycles. The normalized spacial score (nSPS) is 20.3. The van der Waals surface area contributed by atoms with Crippen LogP contribution in [0.25, 0.3) is 0 Å². The molecule has 0 aromatic heterocycles. The van der Waals surface area contributed by atoms with E-state index >= 15 is 0 Å². The van der Waals surface area contributed by atoms with Gasteiger partial charge >= 0.3 is 41.8 Å². The van der Waals surface area contributed by atoms with Crippen molar-refractivity contribution in [3.63, 3.8) is 0 Å². The van der Waals surface area contributed by atoms with Crippen LogP contribution in [0.5, 0.6) is 0 Å². The third-order valence-corrected chi connectivity index (χ3v) is 21.4. The van der Waals surface area contributed by atoms with Gasteiger partial charge < -0.3 is 81.7 Å². The van der Waals surface area contributed by atoms with Crippen molar-refractivity contribution in [2.45, 2.75) is 127 Å². The lowest BCUT2D eigenvalue weighted by Crippen LogP contribution is -2.55. The van der Waals surface area contributed by atoms with Crippen molar-refractivity contribution in [2.75, 3.05) is 296 Å². The van der Waals surface area contributed by atoms with Gasteiger partial charge in [-0.25, -0.2) is 0 Å². The largest absolute Gasteiger partial charge is 0.480 e. The lowest BCUT2D eigenvalue weighted by atomic mass is 9.87. The van der Waals surface area contributed by atoms with Crippen LogP contribution in [0.4, 0.5) is 0 Å². The van der Waals surface area contributed by atoms with E-state index in [1.165, 1.54) is 0 Å². The molecule has 0 aromatic carbocycles. The van der Waals surface area contributed by atoms with E-state index in [0.29, 0.717) is 255 Å². The highest BCUT2D eigenvalue weighted by Gasteiger charge is 2.34. The molecule has 129 heavy (non-hydrogen) atoms. The zero-order chi connectivity index (χ0) is 97.3. The van der Waals surface area contributed by atoms with Crippen LogP contribution in [0.1, 0.15) is 109 Å². The number of amides is 4. The van der Waals surface area contributed by atoms with Crippen LogP contribution in [-0.4, -0.2) is 520 Å². The number of hydrogen-bond donors (Lipinski definition) is 11. The standard InChI is InChI=1S/C22H40N4O8.C21H42N8O4.C21H38N4O8.C19H36N4O6/c1-22(2,3)5-4-18(21(32)33)26-12-10-24(15-20(30)31)7-6-23(14-19(28)29)8-9-25(11-13-26)16-34-17-27;1-21(2,3)10-18-11-28(13-20(23)33)7-5-26(12-19(22)32)4-6-27(14-24-16-30)8-9-29(18)15-25-17-31;1-21(2,3)10-18-11-24(13-20(30)31)7-5-22(12-19(28)29)4-6-23(14-32-16-26)8-9-25(18)15-33-17-27;1-19(2,3)14-22-8-6-20(12-17(25)26)4-5-21(13-18(27)28)7-10-23(11-9-22)15-29-16-24/h17-18H,4-16H2,1-3H3,(H,28,29)(H,30,31)(H,32,33);16-18H,4-15H2,1-3H3,(H2,22,32)(H2,23,33)(H,24,30)(H,25,31);16-18H,4-15H2,1-3H3,(H,28,29)(H,30,31);16H,4-15H2,1-3H3,(H,25,26)(H,27,28). The number of nitrogens with zero attached hydrogens (tertiary/aromatic N) is 16. The summed E-state index contributed by atoms with van der Waals surface area (Å²) in [5.74, 6) is -7.48. The number of nitrogens with two attached hydrogens (primary N) is 2. The number of carbonyl (C=O) groups is 15. The summed E-state index contributed by atoms with van der Waals surface area (Å²) in [7, 11) is 0. The minimum atomic E-state index is -0.997. The van der Waals surface area contributed by atoms with Gasteiger partial charge in [0.2, 0.25) is 24.6 Å². The first-order valence-corrected chi connectivity index (χ1v) is 43.9. The van der Waals surface area contributed by atoms with E-state index in [4.69, 9.17) is 30.4 Å². The average Bonchev–Trinajstić information content (AvgIpc) is 0.858. The summed E-state index contributed by atoms with van der Waals surface area (Å²) in [4.78, 5) is 199. The van der Waals surface area contributed by atoms with Gasteiger partial charge in [-0.1, -0.05) is 83.1 Å². The molecule has 4 amide bonds. The summed E-state index contributed by atoms with van der Waals surface area (Å²) in [5, 5.41) is 71.1. The van der Waals surface area contributed by atoms with Crippen molar-refractivity contribution in [1.29, 1.82) is 0 Å². The first-order valence-electron chi connectivity index (χ1n) is 43.9. The average molecular weight is 1850 g/mol. The van der Waals surface area contributed by atoms with E-state index in [9.17, 15) is 108 Å². The van der Waals surface area contributed by atoms with E-state index in [2.05, 4.69) is 108 Å². The molecule has 3 atom stereocenters. The summed E-state index contributed by atoms with van der Waals surface area (Å²) < 4.78 is 19.8. The Bertz CT molecular complexity index is 3180. The third-order valence-electron chi connectivity index (χ3n) is 21.4. The van der Waals surface area contributed by atoms with Gasteiger partial charge in [0.15, 0.2) is 0 Å². The predicted molar refractivity (Wildman–Crippen MR) is 475 cm³/mol. The monoisotopic (exact) mass is 1850 g/mol. The van der Waals surface area contributed by atoms with Gasteiger partial charge in [0.1, 0.15) is 33.0 Å². The highest BCUT2D eigenvalue weighted by Crippen LogP contribution is 2.28. The fraction of sp³-hybridized carbons (Fsp3) is 0.819. The number of carboxylic acids is 7. The van der Waals surface area contributed by atoms with Crippen LogP contribution in [0, 0.1) is 21.7 Å². The number of hydrogen-bond acceptors (Lipinski definition) is 35. The van der Waals surface area contributed by atoms with E-state index in [1.54, 1.807) is 24.5 Å². The molecule has 0 spiro atoms. The van der Waals surface area contributed by atoms with Crippen LogP contribution >= 0.6 is 0 Å². The quantitative estimate of drug-likeness (QED) is 0.0206. The Labute approximate surface area is 760 Å². The predicted octanol–water partition coefficient (Wildman–Crippen LogP) is -3.83. The Morgan fingerprint density at radius 2 is 0.581 bits per heavy atom. The topological polar surface area (TPSA) is 563 Å². The van der Waals surface area contributed by atoms with Gasteiger partial charge in [-0.05, 0) is 47.3 Å². The van der Waals surface area contributed by atoms with Crippen LogP contribution in [-0.2, 0) is 90.9 Å². The van der Waals surface area contributed by atoms with Gasteiger partial charge in [-0.15, -0.1) is 0 Å². The fourth-order valence-electron chi connectivity index (χ4n) is 15.2. The van der Waals surface area contributed by atoms with Crippen molar-refractivity contribution in [3.8, 4) is 0 Å². The SMILES string of the molecule is CC(C)(C)CC1CN(CC(=O)O)CCN(CC(=O)O)CCN(COC=O)CCN1COC=O.CC(C)(C)CC1CN(CC(N)=O)CCN(CC(N)=O)CCN(CNC=O)CCN1CNC=O.CC(C)(C)CCC(C(=O)O)N1CCN(COC=O)CCN(CC(=O)O)CCN(CC(=O)O)CC1.CC(C)(C)CN1CCN(COC=O)CCN(CC(=O)O)CCN(CC(=O)O)CC1. The summed E-state index contributed by atoms with van der Waals surface area (Å²) in [6.45, 7) is 42.8. The minimum Gasteiger partial charge on any atom is -0.480 e. The molecule has 0 radical (unpaired) electrons. The fourth-order valence-corrected chi connectivity index (χ4v) is 15.2. The van der Waals surface area contributed by atoms with Gasteiger partial charge in [-0.2, -0.15) is 0 Å². The first kappa shape index (κ1) is 118. The van der Waals surface area contributed by atoms with Gasteiger partial charge in [-0.3, -0.25) is 145 Å². The molecule has 4 fully saturated rings. The molecule has 46 heteroatoms. The second kappa shape index (κ2) is 65.1. The van der Waals surface area contributed by atoms with Crippen molar-refractivity contribution < 1.29 is 127 Å². The highest BCUT2D eigenvalue weighted by atomic mass is 16.5. The van der Waals surface area contributed by atoms with E-state index in [-0.39, 0.29) is 113 Å². The zero-order valence-electron chi connectivity index (χ0n) is 78.5. The lowest BCUT2D eigenvalue weighted by Gasteiger charge is -2.40. The molecule has 4 aliphatic rings. The molecule has 4 saturated heterocycles. The molecule has 4 aliphatic heterocycles. The lowest BCUT2D eigenvalue weighted by molar-refractivity contribution is -0.145. The molecule has 46 nitrogen and oxygen atoms in total. The zero-order valence-corrected chi connectivity index (χ0v) is 78.5. The minimum absolute atomic E-state index is 0.0102. The maximum Gasteiger partial charge on any atom is 0.320 e. The molecule has 13 N–H and O–H groups in total. The molecule has 0 bridgehead atoms. The van der Waals surface area contributed by atoms with Crippen LogP contribution in [0.15, 0.2) is 0 Å². The van der Waals surface area contributed by atoms with Crippen LogP contribution < -0.4 is 22.1 Å². The summed E-state index contributed by atoms with van der Waals surface area (Å²) in [5.41, 5.74) is 11.0. The van der Waals surface area contributed by atoms with Crippen LogP contribution in [0.3, 0.4) is 0 Å².